The lowest BCUT2D eigenvalue weighted by molar-refractivity contribution is 1.51. The molecule has 0 saturated carbocycles. The maximum Gasteiger partial charge on any atom is 0.165 e. The van der Waals surface area contributed by atoms with Crippen LogP contribution in [0, 0.1) is 0 Å². The zero-order valence-electron chi connectivity index (χ0n) is 10.2. The first-order valence-corrected chi connectivity index (χ1v) is 7.56. The van der Waals surface area contributed by atoms with Crippen molar-refractivity contribution in [3.63, 3.8) is 0 Å². The molecule has 0 spiro atoms. The maximum atomic E-state index is 5.85. The molecular weight excluding hydrogens is 299 g/mol. The fourth-order valence-electron chi connectivity index (χ4n) is 1.41. The van der Waals surface area contributed by atoms with E-state index in [4.69, 9.17) is 23.2 Å². The average Bonchev–Trinajstić information content (AvgIpc) is 2.43. The van der Waals surface area contributed by atoms with Gasteiger partial charge in [-0.15, -0.1) is 0 Å². The molecule has 0 amide bonds. The highest BCUT2D eigenvalue weighted by atomic mass is 35.5. The fraction of sp³-hybridized carbons (Fsp3) is 0.0714. The number of anilines is 1. The molecule has 2 aromatic rings. The minimum absolute atomic E-state index is 0.704. The number of halogens is 2. The van der Waals surface area contributed by atoms with Crippen molar-refractivity contribution in [1.29, 1.82) is 0 Å². The van der Waals surface area contributed by atoms with Crippen molar-refractivity contribution in [3.05, 3.63) is 58.6 Å². The molecule has 0 aliphatic heterocycles. The normalized spacial score (nSPS) is 11.4. The Labute approximate surface area is 126 Å². The van der Waals surface area contributed by atoms with Crippen LogP contribution in [0.2, 0.25) is 10.0 Å². The Bertz CT molecular complexity index is 565. The maximum absolute atomic E-state index is 5.85. The first-order valence-electron chi connectivity index (χ1n) is 5.58. The van der Waals surface area contributed by atoms with Gasteiger partial charge in [0.15, 0.2) is 5.17 Å². The standard InChI is InChI=1S/C14H12Cl2N2S/c1-19-14(17-12-6-2-10(15)3-7-12)18-13-8-4-11(16)5-9-13/h2-9H,1H3,(H,17,18). The smallest absolute Gasteiger partial charge is 0.165 e. The third-order valence-corrected chi connectivity index (χ3v) is 3.43. The summed E-state index contributed by atoms with van der Waals surface area (Å²) in [6.45, 7) is 0. The number of nitrogens with one attached hydrogen (secondary N) is 1. The molecule has 0 aromatic heterocycles. The largest absolute Gasteiger partial charge is 0.335 e. The molecule has 2 rings (SSSR count). The lowest BCUT2D eigenvalue weighted by Gasteiger charge is -2.07. The van der Waals surface area contributed by atoms with Gasteiger partial charge in [-0.3, -0.25) is 0 Å². The van der Waals surface area contributed by atoms with Crippen LogP contribution >= 0.6 is 35.0 Å². The second kappa shape index (κ2) is 6.85. The van der Waals surface area contributed by atoms with Crippen molar-refractivity contribution >= 4 is 51.5 Å². The predicted octanol–water partition coefficient (Wildman–Crippen LogP) is 5.46. The van der Waals surface area contributed by atoms with E-state index < -0.39 is 0 Å². The summed E-state index contributed by atoms with van der Waals surface area (Å²) in [6.07, 6.45) is 1.97. The monoisotopic (exact) mass is 310 g/mol. The van der Waals surface area contributed by atoms with E-state index in [1.807, 2.05) is 54.8 Å². The van der Waals surface area contributed by atoms with Crippen molar-refractivity contribution in [1.82, 2.24) is 0 Å². The van der Waals surface area contributed by atoms with Gasteiger partial charge in [-0.05, 0) is 54.8 Å². The molecule has 2 aromatic carbocycles. The van der Waals surface area contributed by atoms with Crippen molar-refractivity contribution in [3.8, 4) is 0 Å². The summed E-state index contributed by atoms with van der Waals surface area (Å²) in [7, 11) is 0. The number of hydrogen-bond donors (Lipinski definition) is 1. The zero-order valence-corrected chi connectivity index (χ0v) is 12.6. The summed E-state index contributed by atoms with van der Waals surface area (Å²) in [5, 5.41) is 5.47. The van der Waals surface area contributed by atoms with Crippen LogP contribution in [0.5, 0.6) is 0 Å². The zero-order chi connectivity index (χ0) is 13.7. The first kappa shape index (κ1) is 14.3. The van der Waals surface area contributed by atoms with Crippen LogP contribution in [0.3, 0.4) is 0 Å². The number of benzene rings is 2. The Hall–Kier alpha value is -1.16. The number of hydrogen-bond acceptors (Lipinski definition) is 2. The average molecular weight is 311 g/mol. The summed E-state index contributed by atoms with van der Waals surface area (Å²) < 4.78 is 0. The molecule has 0 aliphatic rings. The van der Waals surface area contributed by atoms with Gasteiger partial charge in [-0.1, -0.05) is 35.0 Å². The predicted molar refractivity (Wildman–Crippen MR) is 87.1 cm³/mol. The minimum atomic E-state index is 0.704. The second-order valence-electron chi connectivity index (χ2n) is 3.73. The molecule has 0 radical (unpaired) electrons. The third-order valence-electron chi connectivity index (χ3n) is 2.35. The number of aliphatic imine (C=N–C) groups is 1. The Balaban J connectivity index is 2.15. The molecule has 0 aliphatic carbocycles. The fourth-order valence-corrected chi connectivity index (χ4v) is 2.08. The van der Waals surface area contributed by atoms with E-state index in [1.165, 1.54) is 0 Å². The van der Waals surface area contributed by atoms with Crippen molar-refractivity contribution in [2.75, 3.05) is 11.6 Å². The number of amidine groups is 1. The van der Waals surface area contributed by atoms with Gasteiger partial charge in [0.1, 0.15) is 0 Å². The molecule has 0 bridgehead atoms. The van der Waals surface area contributed by atoms with E-state index in [1.54, 1.807) is 11.8 Å². The van der Waals surface area contributed by atoms with E-state index in [9.17, 15) is 0 Å². The molecule has 2 nitrogen and oxygen atoms in total. The van der Waals surface area contributed by atoms with Gasteiger partial charge in [-0.2, -0.15) is 0 Å². The Morgan fingerprint density at radius 3 is 2.00 bits per heavy atom. The molecule has 98 valence electrons. The second-order valence-corrected chi connectivity index (χ2v) is 5.40. The van der Waals surface area contributed by atoms with Crippen molar-refractivity contribution in [2.45, 2.75) is 0 Å². The van der Waals surface area contributed by atoms with E-state index in [0.717, 1.165) is 16.5 Å². The molecule has 0 unspecified atom stereocenters. The number of thioether (sulfide) groups is 1. The lowest BCUT2D eigenvalue weighted by Crippen LogP contribution is -2.06. The van der Waals surface area contributed by atoms with Crippen molar-refractivity contribution in [2.24, 2.45) is 4.99 Å². The molecule has 0 saturated heterocycles. The SMILES string of the molecule is CSC(=Nc1ccc(Cl)cc1)Nc1ccc(Cl)cc1. The van der Waals surface area contributed by atoms with E-state index >= 15 is 0 Å². The van der Waals surface area contributed by atoms with Crippen LogP contribution in [-0.4, -0.2) is 11.4 Å². The molecule has 5 heteroatoms. The van der Waals surface area contributed by atoms with Crippen LogP contribution in [0.15, 0.2) is 53.5 Å². The molecule has 0 fully saturated rings. The lowest BCUT2D eigenvalue weighted by atomic mass is 10.3. The highest BCUT2D eigenvalue weighted by Crippen LogP contribution is 2.20. The van der Waals surface area contributed by atoms with Crippen molar-refractivity contribution < 1.29 is 0 Å². The Kier molecular flexibility index (Phi) is 5.14. The van der Waals surface area contributed by atoms with E-state index in [0.29, 0.717) is 10.0 Å². The van der Waals surface area contributed by atoms with Gasteiger partial charge >= 0.3 is 0 Å². The summed E-state index contributed by atoms with van der Waals surface area (Å²) >= 11 is 13.2. The Morgan fingerprint density at radius 2 is 1.47 bits per heavy atom. The highest BCUT2D eigenvalue weighted by molar-refractivity contribution is 8.13. The molecular formula is C14H12Cl2N2S. The quantitative estimate of drug-likeness (QED) is 0.588. The van der Waals surface area contributed by atoms with Crippen LogP contribution in [0.4, 0.5) is 11.4 Å². The summed E-state index contributed by atoms with van der Waals surface area (Å²) in [4.78, 5) is 4.51. The molecule has 0 atom stereocenters. The van der Waals surface area contributed by atoms with Gasteiger partial charge in [0, 0.05) is 15.7 Å². The van der Waals surface area contributed by atoms with Crippen LogP contribution < -0.4 is 5.32 Å². The summed E-state index contributed by atoms with van der Waals surface area (Å²) in [6, 6.07) is 14.9. The van der Waals surface area contributed by atoms with Gasteiger partial charge < -0.3 is 5.32 Å². The summed E-state index contributed by atoms with van der Waals surface area (Å²) in [5.74, 6) is 0. The third kappa shape index (κ3) is 4.46. The molecule has 1 N–H and O–H groups in total. The topological polar surface area (TPSA) is 24.4 Å². The van der Waals surface area contributed by atoms with Crippen LogP contribution in [0.1, 0.15) is 0 Å². The minimum Gasteiger partial charge on any atom is -0.335 e. The number of rotatable bonds is 2. The van der Waals surface area contributed by atoms with Gasteiger partial charge in [0.25, 0.3) is 0 Å². The molecule has 0 heterocycles. The van der Waals surface area contributed by atoms with Gasteiger partial charge in [-0.25, -0.2) is 4.99 Å². The van der Waals surface area contributed by atoms with Crippen LogP contribution in [0.25, 0.3) is 0 Å². The van der Waals surface area contributed by atoms with Crippen LogP contribution in [-0.2, 0) is 0 Å². The Morgan fingerprint density at radius 1 is 0.947 bits per heavy atom. The number of nitrogens with zero attached hydrogens (tertiary/aromatic N) is 1. The van der Waals surface area contributed by atoms with E-state index in [2.05, 4.69) is 10.3 Å². The first-order chi connectivity index (χ1) is 9.17. The highest BCUT2D eigenvalue weighted by Gasteiger charge is 1.99. The molecule has 19 heavy (non-hydrogen) atoms. The van der Waals surface area contributed by atoms with Gasteiger partial charge in [0.2, 0.25) is 0 Å². The van der Waals surface area contributed by atoms with E-state index in [-0.39, 0.29) is 0 Å². The summed E-state index contributed by atoms with van der Waals surface area (Å²) in [5.41, 5.74) is 1.81. The van der Waals surface area contributed by atoms with Gasteiger partial charge in [0.05, 0.1) is 5.69 Å².